The molecule has 0 aromatic heterocycles. The lowest BCUT2D eigenvalue weighted by atomic mass is 10.2. The fourth-order valence-corrected chi connectivity index (χ4v) is 2.69. The Balaban J connectivity index is 1.82. The van der Waals surface area contributed by atoms with Crippen molar-refractivity contribution in [3.8, 4) is 0 Å². The zero-order chi connectivity index (χ0) is 18.4. The molecule has 2 aromatic rings. The van der Waals surface area contributed by atoms with E-state index in [4.69, 9.17) is 0 Å². The van der Waals surface area contributed by atoms with Crippen molar-refractivity contribution >= 4 is 35.0 Å². The van der Waals surface area contributed by atoms with Gasteiger partial charge in [0, 0.05) is 11.4 Å². The van der Waals surface area contributed by atoms with Crippen molar-refractivity contribution in [1.29, 1.82) is 0 Å². The summed E-state index contributed by atoms with van der Waals surface area (Å²) in [6, 6.07) is 9.55. The summed E-state index contributed by atoms with van der Waals surface area (Å²) in [6.07, 6.45) is 0. The van der Waals surface area contributed by atoms with Gasteiger partial charge in [0.15, 0.2) is 0 Å². The van der Waals surface area contributed by atoms with E-state index in [2.05, 4.69) is 10.6 Å². The third kappa shape index (κ3) is 5.86. The number of halogens is 2. The lowest BCUT2D eigenvalue weighted by Gasteiger charge is -2.13. The molecule has 0 fully saturated rings. The first-order valence-electron chi connectivity index (χ1n) is 7.59. The van der Waals surface area contributed by atoms with Crippen molar-refractivity contribution in [3.05, 3.63) is 59.7 Å². The highest BCUT2D eigenvalue weighted by atomic mass is 32.2. The number of hydrogen-bond donors (Lipinski definition) is 2. The molecular weight excluding hydrogens is 346 g/mol. The molecule has 7 heteroatoms. The van der Waals surface area contributed by atoms with Crippen molar-refractivity contribution < 1.29 is 18.4 Å². The lowest BCUT2D eigenvalue weighted by molar-refractivity contribution is -0.115. The first kappa shape index (κ1) is 18.9. The molecule has 2 rings (SSSR count). The Kier molecular flexibility index (Phi) is 6.52. The predicted octanol–water partition coefficient (Wildman–Crippen LogP) is 3.97. The second kappa shape index (κ2) is 8.62. The SMILES string of the molecule is Cc1cc(F)ccc1NC(=O)C(C)SCC(=O)Nc1ccc(F)cc1. The molecule has 0 bridgehead atoms. The summed E-state index contributed by atoms with van der Waals surface area (Å²) in [6.45, 7) is 3.39. The van der Waals surface area contributed by atoms with E-state index in [0.29, 0.717) is 16.9 Å². The highest BCUT2D eigenvalue weighted by Crippen LogP contribution is 2.19. The Morgan fingerprint density at radius 3 is 2.32 bits per heavy atom. The van der Waals surface area contributed by atoms with E-state index in [1.54, 1.807) is 13.8 Å². The number of carbonyl (C=O) groups is 2. The van der Waals surface area contributed by atoms with Crippen LogP contribution >= 0.6 is 11.8 Å². The van der Waals surface area contributed by atoms with Crippen molar-refractivity contribution in [3.63, 3.8) is 0 Å². The Labute approximate surface area is 149 Å². The van der Waals surface area contributed by atoms with E-state index in [-0.39, 0.29) is 29.2 Å². The fraction of sp³-hybridized carbons (Fsp3) is 0.222. The monoisotopic (exact) mass is 364 g/mol. The summed E-state index contributed by atoms with van der Waals surface area (Å²) in [5, 5.41) is 4.88. The van der Waals surface area contributed by atoms with Crippen LogP contribution in [0.1, 0.15) is 12.5 Å². The molecule has 0 aliphatic heterocycles. The van der Waals surface area contributed by atoms with Crippen LogP contribution in [0, 0.1) is 18.6 Å². The molecule has 1 unspecified atom stereocenters. The number of hydrogen-bond acceptors (Lipinski definition) is 3. The Hall–Kier alpha value is -2.41. The van der Waals surface area contributed by atoms with E-state index in [9.17, 15) is 18.4 Å². The predicted molar refractivity (Wildman–Crippen MR) is 96.7 cm³/mol. The molecule has 0 aliphatic carbocycles. The average molecular weight is 364 g/mol. The summed E-state index contributed by atoms with van der Waals surface area (Å²) < 4.78 is 25.9. The van der Waals surface area contributed by atoms with Gasteiger partial charge in [-0.3, -0.25) is 9.59 Å². The van der Waals surface area contributed by atoms with Crippen LogP contribution in [0.4, 0.5) is 20.2 Å². The van der Waals surface area contributed by atoms with E-state index < -0.39 is 5.25 Å². The normalized spacial score (nSPS) is 11.7. The average Bonchev–Trinajstić information content (AvgIpc) is 2.57. The van der Waals surface area contributed by atoms with Crippen LogP contribution in [-0.4, -0.2) is 22.8 Å². The molecule has 0 saturated heterocycles. The number of thioether (sulfide) groups is 1. The van der Waals surface area contributed by atoms with Crippen LogP contribution in [0.5, 0.6) is 0 Å². The molecule has 0 radical (unpaired) electrons. The van der Waals surface area contributed by atoms with Crippen LogP contribution in [-0.2, 0) is 9.59 Å². The molecule has 2 N–H and O–H groups in total. The minimum Gasteiger partial charge on any atom is -0.325 e. The van der Waals surface area contributed by atoms with E-state index in [0.717, 1.165) is 0 Å². The Morgan fingerprint density at radius 1 is 1.04 bits per heavy atom. The standard InChI is InChI=1S/C18H18F2N2O2S/c1-11-9-14(20)5-8-16(11)22-18(24)12(2)25-10-17(23)21-15-6-3-13(19)4-7-15/h3-9,12H,10H2,1-2H3,(H,21,23)(H,22,24). The van der Waals surface area contributed by atoms with Gasteiger partial charge in [-0.15, -0.1) is 11.8 Å². The minimum absolute atomic E-state index is 0.0777. The fourth-order valence-electron chi connectivity index (χ4n) is 2.01. The smallest absolute Gasteiger partial charge is 0.237 e. The Bertz CT molecular complexity index is 766. The largest absolute Gasteiger partial charge is 0.325 e. The summed E-state index contributed by atoms with van der Waals surface area (Å²) in [5.74, 6) is -1.22. The number of amides is 2. The number of benzene rings is 2. The van der Waals surface area contributed by atoms with Crippen LogP contribution in [0.3, 0.4) is 0 Å². The maximum absolute atomic E-state index is 13.1. The van der Waals surface area contributed by atoms with Gasteiger partial charge in [-0.1, -0.05) is 0 Å². The number of rotatable bonds is 6. The van der Waals surface area contributed by atoms with Crippen LogP contribution in [0.2, 0.25) is 0 Å². The minimum atomic E-state index is -0.469. The second-order valence-corrected chi connectivity index (χ2v) is 6.79. The van der Waals surface area contributed by atoms with Crippen molar-refractivity contribution in [2.75, 3.05) is 16.4 Å². The Morgan fingerprint density at radius 2 is 1.68 bits per heavy atom. The first-order valence-corrected chi connectivity index (χ1v) is 8.64. The van der Waals surface area contributed by atoms with E-state index in [1.807, 2.05) is 0 Å². The molecule has 25 heavy (non-hydrogen) atoms. The molecule has 0 aliphatic rings. The zero-order valence-corrected chi connectivity index (χ0v) is 14.6. The summed E-state index contributed by atoms with van der Waals surface area (Å²) >= 11 is 1.17. The topological polar surface area (TPSA) is 58.2 Å². The lowest BCUT2D eigenvalue weighted by Crippen LogP contribution is -2.25. The van der Waals surface area contributed by atoms with Gasteiger partial charge in [0.1, 0.15) is 11.6 Å². The number of nitrogens with one attached hydrogen (secondary N) is 2. The van der Waals surface area contributed by atoms with Gasteiger partial charge in [0.25, 0.3) is 0 Å². The van der Waals surface area contributed by atoms with Gasteiger partial charge < -0.3 is 10.6 Å². The van der Waals surface area contributed by atoms with Crippen molar-refractivity contribution in [2.45, 2.75) is 19.1 Å². The maximum Gasteiger partial charge on any atom is 0.237 e. The highest BCUT2D eigenvalue weighted by Gasteiger charge is 2.16. The zero-order valence-electron chi connectivity index (χ0n) is 13.8. The van der Waals surface area contributed by atoms with Gasteiger partial charge in [-0.2, -0.15) is 0 Å². The summed E-state index contributed by atoms with van der Waals surface area (Å²) in [5.41, 5.74) is 1.65. The first-order chi connectivity index (χ1) is 11.8. The molecular formula is C18H18F2N2O2S. The quantitative estimate of drug-likeness (QED) is 0.815. The van der Waals surface area contributed by atoms with Gasteiger partial charge in [0.2, 0.25) is 11.8 Å². The molecule has 132 valence electrons. The van der Waals surface area contributed by atoms with Gasteiger partial charge in [0.05, 0.1) is 11.0 Å². The molecule has 1 atom stereocenters. The van der Waals surface area contributed by atoms with E-state index >= 15 is 0 Å². The molecule has 0 saturated carbocycles. The highest BCUT2D eigenvalue weighted by molar-refractivity contribution is 8.01. The summed E-state index contributed by atoms with van der Waals surface area (Å²) in [7, 11) is 0. The van der Waals surface area contributed by atoms with Crippen LogP contribution in [0.25, 0.3) is 0 Å². The third-order valence-corrected chi connectivity index (χ3v) is 4.55. The number of carbonyl (C=O) groups excluding carboxylic acids is 2. The molecule has 2 aromatic carbocycles. The van der Waals surface area contributed by atoms with Gasteiger partial charge >= 0.3 is 0 Å². The maximum atomic E-state index is 13.1. The van der Waals surface area contributed by atoms with E-state index in [1.165, 1.54) is 54.2 Å². The third-order valence-electron chi connectivity index (χ3n) is 3.41. The molecule has 0 spiro atoms. The molecule has 2 amide bonds. The summed E-state index contributed by atoms with van der Waals surface area (Å²) in [4.78, 5) is 24.0. The van der Waals surface area contributed by atoms with Crippen LogP contribution in [0.15, 0.2) is 42.5 Å². The molecule has 0 heterocycles. The second-order valence-electron chi connectivity index (χ2n) is 5.46. The van der Waals surface area contributed by atoms with Crippen molar-refractivity contribution in [1.82, 2.24) is 0 Å². The van der Waals surface area contributed by atoms with Crippen molar-refractivity contribution in [2.24, 2.45) is 0 Å². The van der Waals surface area contributed by atoms with Crippen LogP contribution < -0.4 is 10.6 Å². The molecule has 4 nitrogen and oxygen atoms in total. The van der Waals surface area contributed by atoms with Gasteiger partial charge in [-0.25, -0.2) is 8.78 Å². The van der Waals surface area contributed by atoms with Gasteiger partial charge in [-0.05, 0) is 61.9 Å². The number of anilines is 2. The number of aryl methyl sites for hydroxylation is 1.